The minimum atomic E-state index is -3.62. The van der Waals surface area contributed by atoms with Crippen molar-refractivity contribution in [3.63, 3.8) is 0 Å². The van der Waals surface area contributed by atoms with Crippen molar-refractivity contribution >= 4 is 38.1 Å². The smallest absolute Gasteiger partial charge is 0.308 e. The Bertz CT molecular complexity index is 612. The van der Waals surface area contributed by atoms with Crippen molar-refractivity contribution in [1.82, 2.24) is 4.72 Å². The van der Waals surface area contributed by atoms with Gasteiger partial charge < -0.3 is 5.11 Å². The lowest BCUT2D eigenvalue weighted by molar-refractivity contribution is -0.136. The minimum absolute atomic E-state index is 0.125. The molecule has 2 N–H and O–H groups in total. The Morgan fingerprint density at radius 1 is 1.40 bits per heavy atom. The Hall–Kier alpha value is -0.770. The first kappa shape index (κ1) is 15.6. The molecule has 112 valence electrons. The first-order valence-corrected chi connectivity index (χ1v) is 9.83. The van der Waals surface area contributed by atoms with Gasteiger partial charge in [-0.3, -0.25) is 9.00 Å². The summed E-state index contributed by atoms with van der Waals surface area (Å²) in [5, 5.41) is 8.68. The van der Waals surface area contributed by atoms with Gasteiger partial charge in [0.2, 0.25) is 10.0 Å². The maximum atomic E-state index is 12.2. The van der Waals surface area contributed by atoms with Crippen LogP contribution in [0.2, 0.25) is 0 Å². The van der Waals surface area contributed by atoms with Crippen molar-refractivity contribution in [2.45, 2.75) is 29.5 Å². The topological polar surface area (TPSA) is 101 Å². The molecule has 0 amide bonds. The molecule has 9 heteroatoms. The van der Waals surface area contributed by atoms with Crippen molar-refractivity contribution in [1.29, 1.82) is 0 Å². The number of thiophene rings is 1. The van der Waals surface area contributed by atoms with Gasteiger partial charge in [0.05, 0.1) is 6.42 Å². The lowest BCUT2D eigenvalue weighted by atomic mass is 10.2. The maximum absolute atomic E-state index is 12.2. The summed E-state index contributed by atoms with van der Waals surface area (Å²) in [5.74, 6) is 0.0440. The van der Waals surface area contributed by atoms with Crippen molar-refractivity contribution in [3.05, 3.63) is 17.0 Å². The van der Waals surface area contributed by atoms with Crippen LogP contribution in [0.4, 0.5) is 0 Å². The van der Waals surface area contributed by atoms with Gasteiger partial charge in [0.1, 0.15) is 4.21 Å². The van der Waals surface area contributed by atoms with Crippen molar-refractivity contribution in [2.24, 2.45) is 0 Å². The van der Waals surface area contributed by atoms with Crippen molar-refractivity contribution in [2.75, 3.05) is 11.5 Å². The van der Waals surface area contributed by atoms with Crippen molar-refractivity contribution < 1.29 is 22.5 Å². The highest BCUT2D eigenvalue weighted by Crippen LogP contribution is 2.23. The molecule has 1 aromatic rings. The molecule has 0 atom stereocenters. The van der Waals surface area contributed by atoms with Crippen LogP contribution in [0.15, 0.2) is 16.3 Å². The number of carboxylic acid groups (broad SMARTS) is 1. The summed E-state index contributed by atoms with van der Waals surface area (Å²) in [7, 11) is -4.45. The molecule has 2 rings (SSSR count). The zero-order valence-corrected chi connectivity index (χ0v) is 13.0. The van der Waals surface area contributed by atoms with E-state index in [1.807, 2.05) is 0 Å². The van der Waals surface area contributed by atoms with Crippen LogP contribution in [0, 0.1) is 0 Å². The molecule has 0 spiro atoms. The van der Waals surface area contributed by atoms with E-state index >= 15 is 0 Å². The van der Waals surface area contributed by atoms with Crippen LogP contribution >= 0.6 is 11.3 Å². The van der Waals surface area contributed by atoms with Gasteiger partial charge in [-0.15, -0.1) is 11.3 Å². The summed E-state index contributed by atoms with van der Waals surface area (Å²) in [6, 6.07) is 2.75. The number of carboxylic acids is 1. The van der Waals surface area contributed by atoms with E-state index in [9.17, 15) is 17.4 Å². The summed E-state index contributed by atoms with van der Waals surface area (Å²) in [4.78, 5) is 11.1. The molecule has 0 saturated carbocycles. The fraction of sp³-hybridized carbons (Fsp3) is 0.545. The SMILES string of the molecule is O=C(O)Cc1ccc(S(=O)(=O)NC2CCS(=O)CC2)s1. The van der Waals surface area contributed by atoms with Crippen LogP contribution in [0.3, 0.4) is 0 Å². The number of hydrogen-bond donors (Lipinski definition) is 2. The molecule has 1 aliphatic heterocycles. The fourth-order valence-electron chi connectivity index (χ4n) is 1.94. The van der Waals surface area contributed by atoms with Gasteiger partial charge in [0.25, 0.3) is 0 Å². The van der Waals surface area contributed by atoms with Gasteiger partial charge in [-0.25, -0.2) is 13.1 Å². The first-order chi connectivity index (χ1) is 9.37. The van der Waals surface area contributed by atoms with Gasteiger partial charge in [-0.1, -0.05) is 0 Å². The van der Waals surface area contributed by atoms with E-state index in [2.05, 4.69) is 4.72 Å². The van der Waals surface area contributed by atoms with Crippen LogP contribution in [0.1, 0.15) is 17.7 Å². The second kappa shape index (κ2) is 6.33. The standard InChI is InChI=1S/C11H15NO5S3/c13-10(14)7-9-1-2-11(18-9)20(16,17)12-8-3-5-19(15)6-4-8/h1-2,8,12H,3-7H2,(H,13,14). The van der Waals surface area contributed by atoms with Gasteiger partial charge in [0.15, 0.2) is 0 Å². The lowest BCUT2D eigenvalue weighted by Gasteiger charge is -2.21. The predicted molar refractivity (Wildman–Crippen MR) is 76.9 cm³/mol. The van der Waals surface area contributed by atoms with Crippen LogP contribution < -0.4 is 4.72 Å². The average Bonchev–Trinajstić information content (AvgIpc) is 2.80. The van der Waals surface area contributed by atoms with Gasteiger partial charge in [0, 0.05) is 33.2 Å². The Balaban J connectivity index is 2.04. The Labute approximate surface area is 123 Å². The third kappa shape index (κ3) is 4.11. The molecular weight excluding hydrogens is 322 g/mol. The van der Waals surface area contributed by atoms with Crippen LogP contribution in [0.25, 0.3) is 0 Å². The molecule has 1 saturated heterocycles. The van der Waals surface area contributed by atoms with Crippen LogP contribution in [-0.4, -0.2) is 41.3 Å². The molecule has 0 bridgehead atoms. The molecule has 0 radical (unpaired) electrons. The first-order valence-electron chi connectivity index (χ1n) is 6.04. The predicted octanol–water partition coefficient (Wildman–Crippen LogP) is 0.565. The number of rotatable bonds is 5. The lowest BCUT2D eigenvalue weighted by Crippen LogP contribution is -2.39. The zero-order chi connectivity index (χ0) is 14.8. The molecule has 1 aromatic heterocycles. The maximum Gasteiger partial charge on any atom is 0.308 e. The van der Waals surface area contributed by atoms with E-state index in [1.165, 1.54) is 12.1 Å². The highest BCUT2D eigenvalue weighted by Gasteiger charge is 2.25. The Morgan fingerprint density at radius 3 is 2.65 bits per heavy atom. The second-order valence-electron chi connectivity index (χ2n) is 4.53. The molecule has 0 unspecified atom stereocenters. The number of nitrogens with one attached hydrogen (secondary N) is 1. The number of carbonyl (C=O) groups is 1. The van der Waals surface area contributed by atoms with E-state index in [1.54, 1.807) is 0 Å². The van der Waals surface area contributed by atoms with E-state index in [4.69, 9.17) is 5.11 Å². The molecule has 0 aliphatic carbocycles. The molecular formula is C11H15NO5S3. The van der Waals surface area contributed by atoms with Gasteiger partial charge in [-0.2, -0.15) is 0 Å². The van der Waals surface area contributed by atoms with Crippen LogP contribution in [-0.2, 0) is 32.0 Å². The molecule has 1 fully saturated rings. The van der Waals surface area contributed by atoms with E-state index < -0.39 is 26.8 Å². The largest absolute Gasteiger partial charge is 0.481 e. The summed E-state index contributed by atoms with van der Waals surface area (Å²) in [6.07, 6.45) is 0.959. The summed E-state index contributed by atoms with van der Waals surface area (Å²) in [5.41, 5.74) is 0. The fourth-order valence-corrected chi connectivity index (χ4v) is 5.90. The molecule has 2 heterocycles. The molecule has 1 aliphatic rings. The van der Waals surface area contributed by atoms with Gasteiger partial charge >= 0.3 is 5.97 Å². The number of hydrogen-bond acceptors (Lipinski definition) is 5. The Morgan fingerprint density at radius 2 is 2.05 bits per heavy atom. The van der Waals surface area contributed by atoms with E-state index in [0.717, 1.165) is 11.3 Å². The Kier molecular flexibility index (Phi) is 4.95. The molecule has 6 nitrogen and oxygen atoms in total. The third-order valence-corrected chi connectivity index (χ3v) is 7.42. The quantitative estimate of drug-likeness (QED) is 0.818. The third-order valence-electron chi connectivity index (χ3n) is 2.94. The summed E-state index contributed by atoms with van der Waals surface area (Å²) < 4.78 is 38.3. The molecule has 0 aromatic carbocycles. The van der Waals surface area contributed by atoms with Crippen LogP contribution in [0.5, 0.6) is 0 Å². The normalized spacial score (nSPS) is 23.6. The van der Waals surface area contributed by atoms with E-state index in [-0.39, 0.29) is 16.7 Å². The zero-order valence-electron chi connectivity index (χ0n) is 10.6. The number of aliphatic carboxylic acids is 1. The summed E-state index contributed by atoms with van der Waals surface area (Å²) in [6.45, 7) is 0. The average molecular weight is 337 g/mol. The molecule has 20 heavy (non-hydrogen) atoms. The van der Waals surface area contributed by atoms with E-state index in [0.29, 0.717) is 29.2 Å². The second-order valence-corrected chi connectivity index (χ2v) is 9.34. The minimum Gasteiger partial charge on any atom is -0.481 e. The van der Waals surface area contributed by atoms with Crippen molar-refractivity contribution in [3.8, 4) is 0 Å². The highest BCUT2D eigenvalue weighted by atomic mass is 32.2. The highest BCUT2D eigenvalue weighted by molar-refractivity contribution is 7.91. The summed E-state index contributed by atoms with van der Waals surface area (Å²) >= 11 is 0.966. The van der Waals surface area contributed by atoms with Gasteiger partial charge in [-0.05, 0) is 25.0 Å². The monoisotopic (exact) mass is 337 g/mol. The number of sulfonamides is 1.